The lowest BCUT2D eigenvalue weighted by molar-refractivity contribution is 0.416. The summed E-state index contributed by atoms with van der Waals surface area (Å²) in [5.74, 6) is 0.955. The monoisotopic (exact) mass is 281 g/mol. The van der Waals surface area contributed by atoms with Gasteiger partial charge in [-0.05, 0) is 48.6 Å². The van der Waals surface area contributed by atoms with Crippen LogP contribution in [0, 0.1) is 0 Å². The molecule has 3 rings (SSSR count). The minimum absolute atomic E-state index is 0.509. The fraction of sp³-hybridized carbons (Fsp3) is 0.368. The van der Waals surface area contributed by atoms with Gasteiger partial charge in [0.1, 0.15) is 5.75 Å². The molecule has 0 amide bonds. The Morgan fingerprint density at radius 1 is 1.10 bits per heavy atom. The van der Waals surface area contributed by atoms with E-state index in [1.807, 2.05) is 12.1 Å². The number of ether oxygens (including phenoxy) is 1. The summed E-state index contributed by atoms with van der Waals surface area (Å²) in [5, 5.41) is 3.66. The van der Waals surface area contributed by atoms with E-state index in [4.69, 9.17) is 4.74 Å². The average molecular weight is 281 g/mol. The van der Waals surface area contributed by atoms with E-state index in [9.17, 15) is 0 Å². The van der Waals surface area contributed by atoms with E-state index in [2.05, 4.69) is 42.6 Å². The SMILES string of the molecule is CCCNC1CCc2c(-c3ccccc3OC)cccc21. The van der Waals surface area contributed by atoms with Crippen LogP contribution in [0.15, 0.2) is 42.5 Å². The van der Waals surface area contributed by atoms with Crippen LogP contribution in [0.3, 0.4) is 0 Å². The van der Waals surface area contributed by atoms with Gasteiger partial charge in [0.05, 0.1) is 7.11 Å². The molecule has 1 unspecified atom stereocenters. The molecule has 0 saturated heterocycles. The molecule has 0 fully saturated rings. The molecule has 1 atom stereocenters. The van der Waals surface area contributed by atoms with E-state index in [0.717, 1.165) is 18.7 Å². The zero-order chi connectivity index (χ0) is 14.7. The first kappa shape index (κ1) is 14.2. The number of nitrogens with one attached hydrogen (secondary N) is 1. The van der Waals surface area contributed by atoms with Gasteiger partial charge < -0.3 is 10.1 Å². The molecule has 2 aromatic carbocycles. The lowest BCUT2D eigenvalue weighted by Crippen LogP contribution is -2.19. The van der Waals surface area contributed by atoms with Crippen LogP contribution in [0.4, 0.5) is 0 Å². The maximum Gasteiger partial charge on any atom is 0.126 e. The van der Waals surface area contributed by atoms with Gasteiger partial charge in [0, 0.05) is 11.6 Å². The van der Waals surface area contributed by atoms with E-state index in [-0.39, 0.29) is 0 Å². The highest BCUT2D eigenvalue weighted by Gasteiger charge is 2.24. The van der Waals surface area contributed by atoms with E-state index in [1.165, 1.54) is 35.1 Å². The highest BCUT2D eigenvalue weighted by molar-refractivity contribution is 5.75. The summed E-state index contributed by atoms with van der Waals surface area (Å²) in [4.78, 5) is 0. The topological polar surface area (TPSA) is 21.3 Å². The third kappa shape index (κ3) is 2.68. The molecule has 2 nitrogen and oxygen atoms in total. The van der Waals surface area contributed by atoms with Crippen molar-refractivity contribution in [2.75, 3.05) is 13.7 Å². The van der Waals surface area contributed by atoms with E-state index in [0.29, 0.717) is 6.04 Å². The molecule has 0 heterocycles. The third-order valence-corrected chi connectivity index (χ3v) is 4.31. The zero-order valence-corrected chi connectivity index (χ0v) is 12.9. The van der Waals surface area contributed by atoms with Gasteiger partial charge in [-0.3, -0.25) is 0 Å². The summed E-state index contributed by atoms with van der Waals surface area (Å²) >= 11 is 0. The minimum atomic E-state index is 0.509. The molecule has 1 aliphatic rings. The minimum Gasteiger partial charge on any atom is -0.496 e. The fourth-order valence-corrected chi connectivity index (χ4v) is 3.30. The standard InChI is InChI=1S/C19H23NO/c1-3-13-20-18-12-11-15-14(8-6-9-16(15)18)17-7-4-5-10-19(17)21-2/h4-10,18,20H,3,11-13H2,1-2H3. The van der Waals surface area contributed by atoms with Crippen molar-refractivity contribution in [1.82, 2.24) is 5.32 Å². The van der Waals surface area contributed by atoms with Crippen molar-refractivity contribution in [3.63, 3.8) is 0 Å². The Balaban J connectivity index is 2.01. The molecule has 21 heavy (non-hydrogen) atoms. The van der Waals surface area contributed by atoms with Gasteiger partial charge in [0.15, 0.2) is 0 Å². The molecule has 0 spiro atoms. The van der Waals surface area contributed by atoms with Crippen LogP contribution in [0.1, 0.15) is 36.9 Å². The molecule has 0 saturated carbocycles. The lowest BCUT2D eigenvalue weighted by atomic mass is 9.96. The van der Waals surface area contributed by atoms with Crippen molar-refractivity contribution >= 4 is 0 Å². The van der Waals surface area contributed by atoms with Crippen LogP contribution >= 0.6 is 0 Å². The Labute approximate surface area is 127 Å². The number of fused-ring (bicyclic) bond motifs is 1. The molecule has 2 heteroatoms. The zero-order valence-electron chi connectivity index (χ0n) is 12.9. The molecular weight excluding hydrogens is 258 g/mol. The van der Waals surface area contributed by atoms with Gasteiger partial charge in [-0.2, -0.15) is 0 Å². The molecule has 2 aromatic rings. The quantitative estimate of drug-likeness (QED) is 0.879. The highest BCUT2D eigenvalue weighted by atomic mass is 16.5. The summed E-state index contributed by atoms with van der Waals surface area (Å²) in [6.45, 7) is 3.30. The highest BCUT2D eigenvalue weighted by Crippen LogP contribution is 2.40. The van der Waals surface area contributed by atoms with Crippen LogP contribution in [0.25, 0.3) is 11.1 Å². The van der Waals surface area contributed by atoms with Crippen molar-refractivity contribution in [3.8, 4) is 16.9 Å². The van der Waals surface area contributed by atoms with Gasteiger partial charge in [0.25, 0.3) is 0 Å². The molecule has 110 valence electrons. The Morgan fingerprint density at radius 3 is 2.71 bits per heavy atom. The molecule has 0 radical (unpaired) electrons. The molecule has 1 aliphatic carbocycles. The Bertz CT molecular complexity index is 621. The number of hydrogen-bond donors (Lipinski definition) is 1. The number of benzene rings is 2. The molecule has 1 N–H and O–H groups in total. The van der Waals surface area contributed by atoms with E-state index in [1.54, 1.807) is 7.11 Å². The van der Waals surface area contributed by atoms with Crippen molar-refractivity contribution in [3.05, 3.63) is 53.6 Å². The van der Waals surface area contributed by atoms with Crippen molar-refractivity contribution in [2.45, 2.75) is 32.2 Å². The number of rotatable bonds is 5. The van der Waals surface area contributed by atoms with Crippen molar-refractivity contribution < 1.29 is 4.74 Å². The normalized spacial score (nSPS) is 16.8. The maximum atomic E-state index is 5.54. The second-order valence-electron chi connectivity index (χ2n) is 5.62. The van der Waals surface area contributed by atoms with Crippen molar-refractivity contribution in [2.24, 2.45) is 0 Å². The smallest absolute Gasteiger partial charge is 0.126 e. The average Bonchev–Trinajstić information content (AvgIpc) is 2.96. The largest absolute Gasteiger partial charge is 0.496 e. The lowest BCUT2D eigenvalue weighted by Gasteiger charge is -2.15. The van der Waals surface area contributed by atoms with Gasteiger partial charge in [-0.1, -0.05) is 43.3 Å². The second kappa shape index (κ2) is 6.31. The van der Waals surface area contributed by atoms with E-state index < -0.39 is 0 Å². The van der Waals surface area contributed by atoms with Crippen LogP contribution in [0.2, 0.25) is 0 Å². The van der Waals surface area contributed by atoms with Gasteiger partial charge in [-0.25, -0.2) is 0 Å². The maximum absolute atomic E-state index is 5.54. The third-order valence-electron chi connectivity index (χ3n) is 4.31. The van der Waals surface area contributed by atoms with Crippen LogP contribution in [-0.2, 0) is 6.42 Å². The summed E-state index contributed by atoms with van der Waals surface area (Å²) in [7, 11) is 1.74. The first-order chi connectivity index (χ1) is 10.3. The molecule has 0 aliphatic heterocycles. The summed E-state index contributed by atoms with van der Waals surface area (Å²) in [5.41, 5.74) is 5.47. The number of methoxy groups -OCH3 is 1. The summed E-state index contributed by atoms with van der Waals surface area (Å²) < 4.78 is 5.54. The Morgan fingerprint density at radius 2 is 1.90 bits per heavy atom. The molecular formula is C19H23NO. The first-order valence-corrected chi connectivity index (χ1v) is 7.83. The number of para-hydroxylation sites is 1. The van der Waals surface area contributed by atoms with Crippen LogP contribution in [0.5, 0.6) is 5.75 Å². The predicted molar refractivity (Wildman–Crippen MR) is 87.8 cm³/mol. The van der Waals surface area contributed by atoms with Crippen LogP contribution < -0.4 is 10.1 Å². The van der Waals surface area contributed by atoms with Gasteiger partial charge in [-0.15, -0.1) is 0 Å². The fourth-order valence-electron chi connectivity index (χ4n) is 3.30. The molecule has 0 bridgehead atoms. The first-order valence-electron chi connectivity index (χ1n) is 7.83. The molecule has 0 aromatic heterocycles. The Hall–Kier alpha value is -1.80. The van der Waals surface area contributed by atoms with Gasteiger partial charge >= 0.3 is 0 Å². The summed E-state index contributed by atoms with van der Waals surface area (Å²) in [6, 6.07) is 15.5. The second-order valence-corrected chi connectivity index (χ2v) is 5.62. The van der Waals surface area contributed by atoms with Crippen molar-refractivity contribution in [1.29, 1.82) is 0 Å². The number of hydrogen-bond acceptors (Lipinski definition) is 2. The Kier molecular flexibility index (Phi) is 4.26. The van der Waals surface area contributed by atoms with Gasteiger partial charge in [0.2, 0.25) is 0 Å². The van der Waals surface area contributed by atoms with E-state index >= 15 is 0 Å². The predicted octanol–water partition coefficient (Wildman–Crippen LogP) is 4.35. The summed E-state index contributed by atoms with van der Waals surface area (Å²) in [6.07, 6.45) is 3.52. The van der Waals surface area contributed by atoms with Crippen LogP contribution in [-0.4, -0.2) is 13.7 Å².